The lowest BCUT2D eigenvalue weighted by molar-refractivity contribution is -0.137. The lowest BCUT2D eigenvalue weighted by Gasteiger charge is -2.28. The number of halogens is 7. The molecule has 41 heavy (non-hydrogen) atoms. The minimum Gasteiger partial charge on any atom is -0.494 e. The van der Waals surface area contributed by atoms with E-state index in [1.165, 1.54) is 29.2 Å². The fourth-order valence-corrected chi connectivity index (χ4v) is 5.49. The average Bonchev–Trinajstić information content (AvgIpc) is 2.87. The summed E-state index contributed by atoms with van der Waals surface area (Å²) in [6.07, 6.45) is -3.45. The highest BCUT2D eigenvalue weighted by Gasteiger charge is 2.36. The maximum Gasteiger partial charge on any atom is 0.417 e. The van der Waals surface area contributed by atoms with Crippen molar-refractivity contribution >= 4 is 21.4 Å². The second kappa shape index (κ2) is 13.5. The quantitative estimate of drug-likeness (QED) is 0.174. The number of sulfone groups is 1. The molecule has 0 aromatic heterocycles. The van der Waals surface area contributed by atoms with E-state index in [0.717, 1.165) is 42.7 Å². The van der Waals surface area contributed by atoms with Crippen molar-refractivity contribution in [3.8, 4) is 5.75 Å². The molecule has 0 saturated heterocycles. The molecule has 0 aliphatic heterocycles. The molecule has 5 nitrogen and oxygen atoms in total. The van der Waals surface area contributed by atoms with E-state index < -0.39 is 50.4 Å². The highest BCUT2D eigenvalue weighted by molar-refractivity contribution is 7.90. The van der Waals surface area contributed by atoms with Crippen LogP contribution in [-0.4, -0.2) is 51.0 Å². The molecule has 0 spiro atoms. The first kappa shape index (κ1) is 32.7. The molecule has 0 aliphatic rings. The molecule has 13 heteroatoms. The van der Waals surface area contributed by atoms with Crippen molar-refractivity contribution in [3.05, 3.63) is 93.8 Å². The van der Waals surface area contributed by atoms with E-state index >= 15 is 8.78 Å². The van der Waals surface area contributed by atoms with Gasteiger partial charge in [-0.25, -0.2) is 12.8 Å². The Morgan fingerprint density at radius 1 is 0.976 bits per heavy atom. The molecule has 0 aliphatic carbocycles. The lowest BCUT2D eigenvalue weighted by atomic mass is 10.1. The van der Waals surface area contributed by atoms with Gasteiger partial charge in [-0.15, -0.1) is 0 Å². The number of hydrogen-bond acceptors (Lipinski definition) is 5. The summed E-state index contributed by atoms with van der Waals surface area (Å²) in [7, 11) is -3.62. The number of ether oxygens (including phenoxy) is 1. The van der Waals surface area contributed by atoms with E-state index in [2.05, 4.69) is 0 Å². The standard InChI is InChI=1S/C28H28ClF6NO4S/c1-41(38,39)25-16-23(11-6-19(25)12-14-37)40-15-3-13-36(18-27(31,32)21-7-9-22(30)10-8-21)17-20-4-2-5-24(26(20)29)28(33,34)35/h2,4-11,16,37H,3,12-15,17-18H2,1H3. The van der Waals surface area contributed by atoms with Gasteiger partial charge >= 0.3 is 6.18 Å². The van der Waals surface area contributed by atoms with Crippen LogP contribution in [0.3, 0.4) is 0 Å². The first-order chi connectivity index (χ1) is 19.1. The topological polar surface area (TPSA) is 66.8 Å². The van der Waals surface area contributed by atoms with Crippen molar-refractivity contribution in [2.24, 2.45) is 0 Å². The Balaban J connectivity index is 1.78. The summed E-state index contributed by atoms with van der Waals surface area (Å²) in [5.74, 6) is -3.97. The molecule has 0 fully saturated rings. The predicted molar refractivity (Wildman–Crippen MR) is 142 cm³/mol. The second-order valence-electron chi connectivity index (χ2n) is 9.42. The number of alkyl halides is 5. The normalized spacial score (nSPS) is 12.6. The van der Waals surface area contributed by atoms with Crippen LogP contribution >= 0.6 is 11.6 Å². The number of hydrogen-bond donors (Lipinski definition) is 1. The minimum absolute atomic E-state index is 0.00502. The summed E-state index contributed by atoms with van der Waals surface area (Å²) >= 11 is 6.01. The van der Waals surface area contributed by atoms with E-state index in [9.17, 15) is 31.1 Å². The van der Waals surface area contributed by atoms with E-state index in [4.69, 9.17) is 16.3 Å². The van der Waals surface area contributed by atoms with Crippen molar-refractivity contribution in [3.63, 3.8) is 0 Å². The molecular weight excluding hydrogens is 596 g/mol. The Morgan fingerprint density at radius 3 is 2.27 bits per heavy atom. The molecule has 0 bridgehead atoms. The molecule has 0 saturated carbocycles. The molecular formula is C28H28ClF6NO4S. The smallest absolute Gasteiger partial charge is 0.417 e. The Bertz CT molecular complexity index is 1430. The van der Waals surface area contributed by atoms with Gasteiger partial charge in [0.15, 0.2) is 9.84 Å². The number of benzene rings is 3. The molecule has 0 unspecified atom stereocenters. The van der Waals surface area contributed by atoms with Crippen molar-refractivity contribution in [1.82, 2.24) is 4.90 Å². The van der Waals surface area contributed by atoms with Crippen molar-refractivity contribution in [2.75, 3.05) is 32.6 Å². The van der Waals surface area contributed by atoms with Gasteiger partial charge < -0.3 is 9.84 Å². The third kappa shape index (κ3) is 9.09. The molecule has 0 heterocycles. The molecule has 3 rings (SSSR count). The van der Waals surface area contributed by atoms with Gasteiger partial charge in [-0.05, 0) is 54.3 Å². The number of rotatable bonds is 13. The maximum absolute atomic E-state index is 15.2. The van der Waals surface area contributed by atoms with Crippen LogP contribution in [0.25, 0.3) is 0 Å². The van der Waals surface area contributed by atoms with Gasteiger partial charge in [-0.2, -0.15) is 22.0 Å². The van der Waals surface area contributed by atoms with E-state index in [0.29, 0.717) is 5.56 Å². The Labute approximate surface area is 239 Å². The Morgan fingerprint density at radius 2 is 1.66 bits per heavy atom. The number of nitrogens with zero attached hydrogens (tertiary/aromatic N) is 1. The van der Waals surface area contributed by atoms with Crippen LogP contribution in [0.15, 0.2) is 65.6 Å². The van der Waals surface area contributed by atoms with E-state index in [1.54, 1.807) is 0 Å². The number of aliphatic hydroxyl groups excluding tert-OH is 1. The Hall–Kier alpha value is -2.80. The fourth-order valence-electron chi connectivity index (χ4n) is 4.22. The zero-order valence-corrected chi connectivity index (χ0v) is 23.5. The van der Waals surface area contributed by atoms with Crippen LogP contribution in [0.1, 0.15) is 28.7 Å². The van der Waals surface area contributed by atoms with Crippen LogP contribution in [0.4, 0.5) is 26.3 Å². The summed E-state index contributed by atoms with van der Waals surface area (Å²) in [5, 5.41) is 8.59. The summed E-state index contributed by atoms with van der Waals surface area (Å²) in [6, 6.07) is 11.2. The second-order valence-corrected chi connectivity index (χ2v) is 11.8. The SMILES string of the molecule is CS(=O)(=O)c1cc(OCCCN(Cc2cccc(C(F)(F)F)c2Cl)CC(F)(F)c2ccc(F)cc2)ccc1CCO. The van der Waals surface area contributed by atoms with E-state index in [-0.39, 0.29) is 55.4 Å². The van der Waals surface area contributed by atoms with Gasteiger partial charge in [0.1, 0.15) is 11.6 Å². The molecule has 3 aromatic rings. The summed E-state index contributed by atoms with van der Waals surface area (Å²) in [4.78, 5) is 1.21. The summed E-state index contributed by atoms with van der Waals surface area (Å²) in [6.45, 7) is -1.58. The highest BCUT2D eigenvalue weighted by atomic mass is 35.5. The van der Waals surface area contributed by atoms with Gasteiger partial charge in [0.05, 0.1) is 28.6 Å². The van der Waals surface area contributed by atoms with Crippen LogP contribution in [0.2, 0.25) is 5.02 Å². The van der Waals surface area contributed by atoms with E-state index in [1.807, 2.05) is 0 Å². The molecule has 3 aromatic carbocycles. The molecule has 1 N–H and O–H groups in total. The van der Waals surface area contributed by atoms with Crippen molar-refractivity contribution < 1.29 is 44.6 Å². The number of aliphatic hydroxyl groups is 1. The van der Waals surface area contributed by atoms with Crippen molar-refractivity contribution in [1.29, 1.82) is 0 Å². The van der Waals surface area contributed by atoms with Crippen LogP contribution in [0.5, 0.6) is 5.75 Å². The van der Waals surface area contributed by atoms with Gasteiger partial charge in [0.2, 0.25) is 0 Å². The zero-order valence-electron chi connectivity index (χ0n) is 21.9. The highest BCUT2D eigenvalue weighted by Crippen LogP contribution is 2.37. The first-order valence-corrected chi connectivity index (χ1v) is 14.7. The first-order valence-electron chi connectivity index (χ1n) is 12.4. The lowest BCUT2D eigenvalue weighted by Crippen LogP contribution is -2.36. The van der Waals surface area contributed by atoms with Gasteiger partial charge in [0.25, 0.3) is 5.92 Å². The predicted octanol–water partition coefficient (Wildman–Crippen LogP) is 6.50. The fraction of sp³-hybridized carbons (Fsp3) is 0.357. The molecule has 0 radical (unpaired) electrons. The summed E-state index contributed by atoms with van der Waals surface area (Å²) in [5.41, 5.74) is -1.15. The molecule has 0 amide bonds. The van der Waals surface area contributed by atoms with Crippen molar-refractivity contribution in [2.45, 2.75) is 36.4 Å². The average molecular weight is 624 g/mol. The summed E-state index contributed by atoms with van der Waals surface area (Å²) < 4.78 is 114. The van der Waals surface area contributed by atoms with Gasteiger partial charge in [-0.3, -0.25) is 4.90 Å². The molecule has 224 valence electrons. The zero-order chi connectivity index (χ0) is 30.4. The van der Waals surface area contributed by atoms with Crippen LogP contribution in [-0.2, 0) is 34.9 Å². The largest absolute Gasteiger partial charge is 0.494 e. The maximum atomic E-state index is 15.2. The van der Waals surface area contributed by atoms with Gasteiger partial charge in [-0.1, -0.05) is 41.9 Å². The third-order valence-electron chi connectivity index (χ3n) is 6.17. The minimum atomic E-state index is -4.73. The third-order valence-corrected chi connectivity index (χ3v) is 7.80. The van der Waals surface area contributed by atoms with Gasteiger partial charge in [0, 0.05) is 31.5 Å². The monoisotopic (exact) mass is 623 g/mol. The Kier molecular flexibility index (Phi) is 10.7. The van der Waals surface area contributed by atoms with Crippen LogP contribution < -0.4 is 4.74 Å². The molecule has 0 atom stereocenters. The van der Waals surface area contributed by atoms with Crippen LogP contribution in [0, 0.1) is 5.82 Å².